The zero-order chi connectivity index (χ0) is 16.0. The van der Waals surface area contributed by atoms with Crippen LogP contribution in [0, 0.1) is 0 Å². The maximum absolute atomic E-state index is 12.2. The van der Waals surface area contributed by atoms with Gasteiger partial charge in [-0.05, 0) is 25.5 Å². The SMILES string of the molecule is CCC(C)(COc1ncccc1Cl)NC(=O)C1=COCCO1. The third-order valence-corrected chi connectivity index (χ3v) is 3.61. The Bertz CT molecular complexity index is 564. The van der Waals surface area contributed by atoms with Gasteiger partial charge in [0.25, 0.3) is 5.91 Å². The Hall–Kier alpha value is -1.95. The van der Waals surface area contributed by atoms with Gasteiger partial charge in [0.1, 0.15) is 31.1 Å². The van der Waals surface area contributed by atoms with E-state index in [9.17, 15) is 4.79 Å². The zero-order valence-corrected chi connectivity index (χ0v) is 13.4. The molecule has 0 aliphatic carbocycles. The van der Waals surface area contributed by atoms with Crippen molar-refractivity contribution in [2.75, 3.05) is 19.8 Å². The Morgan fingerprint density at radius 3 is 3.00 bits per heavy atom. The second-order valence-electron chi connectivity index (χ2n) is 5.15. The van der Waals surface area contributed by atoms with Gasteiger partial charge in [-0.15, -0.1) is 0 Å². The molecule has 1 aliphatic rings. The third-order valence-electron chi connectivity index (χ3n) is 3.32. The molecule has 1 aromatic rings. The first-order chi connectivity index (χ1) is 10.5. The van der Waals surface area contributed by atoms with E-state index in [4.69, 9.17) is 25.8 Å². The van der Waals surface area contributed by atoms with Crippen LogP contribution in [0.2, 0.25) is 5.02 Å². The first-order valence-electron chi connectivity index (χ1n) is 7.04. The molecule has 2 rings (SSSR count). The highest BCUT2D eigenvalue weighted by molar-refractivity contribution is 6.31. The lowest BCUT2D eigenvalue weighted by atomic mass is 10.00. The molecule has 0 saturated heterocycles. The van der Waals surface area contributed by atoms with Crippen LogP contribution in [0.4, 0.5) is 0 Å². The van der Waals surface area contributed by atoms with Gasteiger partial charge < -0.3 is 19.5 Å². The minimum Gasteiger partial charge on any atom is -0.494 e. The normalized spacial score (nSPS) is 16.6. The van der Waals surface area contributed by atoms with E-state index in [1.807, 2.05) is 13.8 Å². The molecule has 0 fully saturated rings. The average molecular weight is 327 g/mol. The molecule has 120 valence electrons. The van der Waals surface area contributed by atoms with E-state index in [0.29, 0.717) is 30.5 Å². The molecule has 1 unspecified atom stereocenters. The van der Waals surface area contributed by atoms with Crippen molar-refractivity contribution in [2.24, 2.45) is 0 Å². The van der Waals surface area contributed by atoms with Crippen molar-refractivity contribution in [1.29, 1.82) is 0 Å². The smallest absolute Gasteiger partial charge is 0.290 e. The van der Waals surface area contributed by atoms with Gasteiger partial charge in [-0.25, -0.2) is 4.98 Å². The summed E-state index contributed by atoms with van der Waals surface area (Å²) in [7, 11) is 0. The standard InChI is InChI=1S/C15H19ClN2O4/c1-3-15(2,10-22-14-11(16)5-4-6-17-14)18-13(19)12-9-20-7-8-21-12/h4-6,9H,3,7-8,10H2,1-2H3,(H,18,19). The summed E-state index contributed by atoms with van der Waals surface area (Å²) in [6.45, 7) is 4.88. The molecule has 0 bridgehead atoms. The van der Waals surface area contributed by atoms with Gasteiger partial charge in [0.05, 0.1) is 5.54 Å². The van der Waals surface area contributed by atoms with Crippen LogP contribution in [0.25, 0.3) is 0 Å². The van der Waals surface area contributed by atoms with Crippen molar-refractivity contribution in [3.8, 4) is 5.88 Å². The predicted molar refractivity (Wildman–Crippen MR) is 81.6 cm³/mol. The number of nitrogens with one attached hydrogen (secondary N) is 1. The van der Waals surface area contributed by atoms with E-state index in [-0.39, 0.29) is 18.3 Å². The highest BCUT2D eigenvalue weighted by atomic mass is 35.5. The minimum atomic E-state index is -0.584. The van der Waals surface area contributed by atoms with E-state index >= 15 is 0 Å². The summed E-state index contributed by atoms with van der Waals surface area (Å²) < 4.78 is 16.0. The number of pyridine rings is 1. The first-order valence-corrected chi connectivity index (χ1v) is 7.42. The number of rotatable bonds is 6. The van der Waals surface area contributed by atoms with Gasteiger partial charge in [0.2, 0.25) is 11.6 Å². The van der Waals surface area contributed by atoms with Crippen LogP contribution in [-0.4, -0.2) is 36.3 Å². The lowest BCUT2D eigenvalue weighted by Gasteiger charge is -2.30. The number of hydrogen-bond donors (Lipinski definition) is 1. The van der Waals surface area contributed by atoms with Crippen LogP contribution in [0.15, 0.2) is 30.4 Å². The van der Waals surface area contributed by atoms with Gasteiger partial charge in [0.15, 0.2) is 0 Å². The van der Waals surface area contributed by atoms with E-state index < -0.39 is 5.54 Å². The number of nitrogens with zero attached hydrogens (tertiary/aromatic N) is 1. The highest BCUT2D eigenvalue weighted by Gasteiger charge is 2.28. The highest BCUT2D eigenvalue weighted by Crippen LogP contribution is 2.22. The second kappa shape index (κ2) is 7.35. The molecular weight excluding hydrogens is 308 g/mol. The van der Waals surface area contributed by atoms with E-state index in [0.717, 1.165) is 0 Å². The van der Waals surface area contributed by atoms with Gasteiger partial charge in [0, 0.05) is 6.20 Å². The predicted octanol–water partition coefficient (Wildman–Crippen LogP) is 2.29. The van der Waals surface area contributed by atoms with Crippen molar-refractivity contribution in [1.82, 2.24) is 10.3 Å². The Morgan fingerprint density at radius 1 is 1.55 bits per heavy atom. The van der Waals surface area contributed by atoms with Crippen LogP contribution in [0.5, 0.6) is 5.88 Å². The Kier molecular flexibility index (Phi) is 5.49. The molecule has 0 aromatic carbocycles. The van der Waals surface area contributed by atoms with Crippen LogP contribution in [0.1, 0.15) is 20.3 Å². The number of ether oxygens (including phenoxy) is 3. The van der Waals surface area contributed by atoms with Crippen LogP contribution < -0.4 is 10.1 Å². The molecule has 1 N–H and O–H groups in total. The van der Waals surface area contributed by atoms with Crippen molar-refractivity contribution in [3.63, 3.8) is 0 Å². The molecule has 0 saturated carbocycles. The number of hydrogen-bond acceptors (Lipinski definition) is 5. The zero-order valence-electron chi connectivity index (χ0n) is 12.6. The third kappa shape index (κ3) is 4.27. The molecule has 1 aliphatic heterocycles. The average Bonchev–Trinajstić information content (AvgIpc) is 2.55. The van der Waals surface area contributed by atoms with Crippen molar-refractivity contribution < 1.29 is 19.0 Å². The molecule has 1 atom stereocenters. The number of carbonyl (C=O) groups excluding carboxylic acids is 1. The summed E-state index contributed by atoms with van der Waals surface area (Å²) in [5, 5.41) is 3.32. The summed E-state index contributed by atoms with van der Waals surface area (Å²) in [6, 6.07) is 3.42. The lowest BCUT2D eigenvalue weighted by Crippen LogP contribution is -2.50. The maximum atomic E-state index is 12.2. The fourth-order valence-corrected chi connectivity index (χ4v) is 1.93. The quantitative estimate of drug-likeness (QED) is 0.868. The fourth-order valence-electron chi connectivity index (χ4n) is 1.75. The molecule has 22 heavy (non-hydrogen) atoms. The Labute approximate surface area is 134 Å². The van der Waals surface area contributed by atoms with Crippen molar-refractivity contribution in [3.05, 3.63) is 35.4 Å². The largest absolute Gasteiger partial charge is 0.494 e. The molecule has 0 radical (unpaired) electrons. The molecular formula is C15H19ClN2O4. The van der Waals surface area contributed by atoms with E-state index in [2.05, 4.69) is 10.3 Å². The molecule has 7 heteroatoms. The number of halogens is 1. The van der Waals surface area contributed by atoms with Crippen LogP contribution in [0.3, 0.4) is 0 Å². The minimum absolute atomic E-state index is 0.168. The van der Waals surface area contributed by atoms with Gasteiger partial charge in [-0.2, -0.15) is 0 Å². The van der Waals surface area contributed by atoms with Gasteiger partial charge in [-0.1, -0.05) is 18.5 Å². The first kappa shape index (κ1) is 16.4. The van der Waals surface area contributed by atoms with Gasteiger partial charge >= 0.3 is 0 Å². The summed E-state index contributed by atoms with van der Waals surface area (Å²) in [6.07, 6.45) is 3.59. The monoisotopic (exact) mass is 326 g/mol. The molecule has 0 spiro atoms. The summed E-state index contributed by atoms with van der Waals surface area (Å²) >= 11 is 6.00. The van der Waals surface area contributed by atoms with E-state index in [1.165, 1.54) is 6.26 Å². The summed E-state index contributed by atoms with van der Waals surface area (Å²) in [5.74, 6) is 0.177. The molecule has 1 amide bonds. The van der Waals surface area contributed by atoms with Crippen molar-refractivity contribution >= 4 is 17.5 Å². The van der Waals surface area contributed by atoms with E-state index in [1.54, 1.807) is 18.3 Å². The van der Waals surface area contributed by atoms with Crippen molar-refractivity contribution in [2.45, 2.75) is 25.8 Å². The summed E-state index contributed by atoms with van der Waals surface area (Å²) in [5.41, 5.74) is -0.584. The molecule has 2 heterocycles. The Balaban J connectivity index is 1.97. The molecule has 6 nitrogen and oxygen atoms in total. The van der Waals surface area contributed by atoms with Gasteiger partial charge in [-0.3, -0.25) is 4.79 Å². The topological polar surface area (TPSA) is 69.7 Å². The van der Waals surface area contributed by atoms with Crippen LogP contribution in [-0.2, 0) is 14.3 Å². The Morgan fingerprint density at radius 2 is 2.36 bits per heavy atom. The number of aromatic nitrogens is 1. The number of carbonyl (C=O) groups is 1. The molecule has 1 aromatic heterocycles. The second-order valence-corrected chi connectivity index (χ2v) is 5.56. The lowest BCUT2D eigenvalue weighted by molar-refractivity contribution is -0.124. The van der Waals surface area contributed by atoms with Crippen LogP contribution >= 0.6 is 11.6 Å². The fraction of sp³-hybridized carbons (Fsp3) is 0.467. The number of amides is 1. The summed E-state index contributed by atoms with van der Waals surface area (Å²) in [4.78, 5) is 16.2. The maximum Gasteiger partial charge on any atom is 0.290 e.